The van der Waals surface area contributed by atoms with E-state index in [9.17, 15) is 14.9 Å². The Morgan fingerprint density at radius 2 is 2.07 bits per heavy atom. The average molecular weight is 582 g/mol. The average Bonchev–Trinajstić information content (AvgIpc) is 3.52. The normalized spacial score (nSPS) is 28.5. The lowest BCUT2D eigenvalue weighted by Crippen LogP contribution is -2.45. The van der Waals surface area contributed by atoms with E-state index in [1.165, 1.54) is 4.80 Å². The smallest absolute Gasteiger partial charge is 0.251 e. The molecule has 11 nitrogen and oxygen atoms in total. The molecule has 3 aliphatic carbocycles. The highest BCUT2D eigenvalue weighted by Gasteiger charge is 2.54. The number of likely N-dealkylation sites (N-methyl/N-ethyl adjacent to an activating group) is 1. The third-order valence-corrected chi connectivity index (χ3v) is 9.80. The molecule has 2 amide bonds. The number of nitriles is 1. The quantitative estimate of drug-likeness (QED) is 0.381. The van der Waals surface area contributed by atoms with Crippen LogP contribution >= 0.6 is 0 Å². The van der Waals surface area contributed by atoms with E-state index in [4.69, 9.17) is 5.10 Å². The molecule has 2 aromatic rings. The molecule has 43 heavy (non-hydrogen) atoms. The first kappa shape index (κ1) is 28.8. The molecular formula is C32H39N9O2. The van der Waals surface area contributed by atoms with Gasteiger partial charge >= 0.3 is 0 Å². The third kappa shape index (κ3) is 5.03. The number of likely N-dealkylation sites (tertiary alicyclic amines) is 1. The van der Waals surface area contributed by atoms with Crippen LogP contribution in [0.2, 0.25) is 0 Å². The number of aromatic nitrogens is 4. The summed E-state index contributed by atoms with van der Waals surface area (Å²) in [5, 5.41) is 32.5. The molecule has 6 rings (SSSR count). The summed E-state index contributed by atoms with van der Waals surface area (Å²) in [4.78, 5) is 29.1. The number of nitrogens with one attached hydrogen (secondary N) is 3. The second kappa shape index (κ2) is 11.4. The predicted molar refractivity (Wildman–Crippen MR) is 160 cm³/mol. The van der Waals surface area contributed by atoms with Gasteiger partial charge in [0.15, 0.2) is 5.82 Å². The molecular weight excluding hydrogens is 542 g/mol. The minimum atomic E-state index is -0.675. The zero-order valence-corrected chi connectivity index (χ0v) is 25.0. The first-order valence-corrected chi connectivity index (χ1v) is 15.1. The summed E-state index contributed by atoms with van der Waals surface area (Å²) in [5.74, 6) is 1.10. The van der Waals surface area contributed by atoms with Crippen molar-refractivity contribution in [1.29, 1.82) is 5.26 Å². The van der Waals surface area contributed by atoms with Gasteiger partial charge in [-0.3, -0.25) is 9.59 Å². The predicted octanol–water partition coefficient (Wildman–Crippen LogP) is 1.76. The van der Waals surface area contributed by atoms with Crippen LogP contribution in [0.15, 0.2) is 54.3 Å². The van der Waals surface area contributed by atoms with Gasteiger partial charge in [0, 0.05) is 37.3 Å². The van der Waals surface area contributed by atoms with E-state index in [2.05, 4.69) is 63.2 Å². The first-order valence-electron chi connectivity index (χ1n) is 15.1. The SMILES string of the molecule is C=C(NC)C1=CC2CCc3cc(C(=O)NC)ccc3C(CCNCC(=O)N3[C@H](C#N)C[C@@H]4C[C@@H]43)(c3nnn(C)n3)C2C=C1. The number of hydrogen-bond acceptors (Lipinski definition) is 8. The molecule has 2 heterocycles. The van der Waals surface area contributed by atoms with Gasteiger partial charge < -0.3 is 20.9 Å². The number of fused-ring (bicyclic) bond motifs is 3. The Labute approximate surface area is 252 Å². The van der Waals surface area contributed by atoms with E-state index >= 15 is 0 Å². The fourth-order valence-corrected chi connectivity index (χ4v) is 7.55. The zero-order chi connectivity index (χ0) is 30.3. The standard InChI is InChI=1S/C32H39N9O2/c1-19(34-2)20-7-9-26-21(13-20)5-6-22-14-23(30(43)35-3)8-10-27(22)32(26,31-37-39-40(4)38-31)11-12-36-18-29(42)41-25(17-33)15-24-16-28(24)41/h7-10,13-14,21,24-26,28,34,36H,1,5-6,11-12,15-16,18H2,2-4H3,(H,35,43)/t21?,24-,25+,26?,28+,32?/m1/s1. The van der Waals surface area contributed by atoms with Crippen LogP contribution in [0.4, 0.5) is 0 Å². The number of carbonyl (C=O) groups is 2. The highest BCUT2D eigenvalue weighted by atomic mass is 16.2. The van der Waals surface area contributed by atoms with Gasteiger partial charge in [-0.2, -0.15) is 10.1 Å². The van der Waals surface area contributed by atoms with Crippen molar-refractivity contribution in [1.82, 2.24) is 41.1 Å². The topological polar surface area (TPSA) is 141 Å². The lowest BCUT2D eigenvalue weighted by Gasteiger charge is -2.41. The number of hydrogen-bond donors (Lipinski definition) is 3. The molecule has 1 aromatic carbocycles. The molecule has 3 N–H and O–H groups in total. The summed E-state index contributed by atoms with van der Waals surface area (Å²) >= 11 is 0. The molecule has 1 saturated heterocycles. The third-order valence-electron chi connectivity index (χ3n) is 9.80. The molecule has 3 unspecified atom stereocenters. The van der Waals surface area contributed by atoms with Crippen LogP contribution in [0, 0.1) is 29.1 Å². The second-order valence-corrected chi connectivity index (χ2v) is 12.1. The van der Waals surface area contributed by atoms with Gasteiger partial charge in [-0.1, -0.05) is 30.9 Å². The fraction of sp³-hybridized carbons (Fsp3) is 0.500. The van der Waals surface area contributed by atoms with E-state index in [1.807, 2.05) is 19.2 Å². The molecule has 0 spiro atoms. The molecule has 2 fully saturated rings. The lowest BCUT2D eigenvalue weighted by atomic mass is 9.61. The maximum absolute atomic E-state index is 13.2. The lowest BCUT2D eigenvalue weighted by molar-refractivity contribution is -0.131. The van der Waals surface area contributed by atoms with E-state index in [-0.39, 0.29) is 42.3 Å². The zero-order valence-electron chi connectivity index (χ0n) is 25.0. The summed E-state index contributed by atoms with van der Waals surface area (Å²) in [6, 6.07) is 8.13. The Hall–Kier alpha value is -4.30. The number of rotatable bonds is 9. The number of nitrogens with zero attached hydrogens (tertiary/aromatic N) is 6. The van der Waals surface area contributed by atoms with Crippen LogP contribution in [-0.4, -0.2) is 76.2 Å². The number of allylic oxidation sites excluding steroid dienone is 3. The summed E-state index contributed by atoms with van der Waals surface area (Å²) in [7, 11) is 5.28. The Bertz CT molecular complexity index is 1550. The minimum Gasteiger partial charge on any atom is -0.388 e. The van der Waals surface area contributed by atoms with Crippen molar-refractivity contribution >= 4 is 11.8 Å². The van der Waals surface area contributed by atoms with Crippen LogP contribution in [0.5, 0.6) is 0 Å². The van der Waals surface area contributed by atoms with Crippen molar-refractivity contribution in [3.63, 3.8) is 0 Å². The molecule has 1 aliphatic heterocycles. The van der Waals surface area contributed by atoms with Crippen LogP contribution in [0.3, 0.4) is 0 Å². The minimum absolute atomic E-state index is 0.00322. The van der Waals surface area contributed by atoms with E-state index in [1.54, 1.807) is 19.0 Å². The summed E-state index contributed by atoms with van der Waals surface area (Å²) in [6.45, 7) is 4.88. The number of benzene rings is 1. The van der Waals surface area contributed by atoms with Crippen molar-refractivity contribution in [2.45, 2.75) is 49.6 Å². The van der Waals surface area contributed by atoms with E-state index in [0.29, 0.717) is 30.3 Å². The maximum Gasteiger partial charge on any atom is 0.251 e. The summed E-state index contributed by atoms with van der Waals surface area (Å²) in [5.41, 5.74) is 4.02. The van der Waals surface area contributed by atoms with Crippen LogP contribution < -0.4 is 16.0 Å². The number of piperidine rings is 1. The largest absolute Gasteiger partial charge is 0.388 e. The molecule has 224 valence electrons. The van der Waals surface area contributed by atoms with Gasteiger partial charge in [0.25, 0.3) is 5.91 Å². The van der Waals surface area contributed by atoms with Crippen LogP contribution in [0.25, 0.3) is 0 Å². The molecule has 1 aromatic heterocycles. The Kier molecular flexibility index (Phi) is 7.65. The second-order valence-electron chi connectivity index (χ2n) is 12.1. The van der Waals surface area contributed by atoms with Crippen LogP contribution in [0.1, 0.15) is 53.0 Å². The Morgan fingerprint density at radius 1 is 1.23 bits per heavy atom. The Morgan fingerprint density at radius 3 is 2.79 bits per heavy atom. The van der Waals surface area contributed by atoms with Gasteiger partial charge in [0.05, 0.1) is 25.1 Å². The van der Waals surface area contributed by atoms with Crippen LogP contribution in [-0.2, 0) is 23.7 Å². The van der Waals surface area contributed by atoms with Gasteiger partial charge in [-0.15, -0.1) is 10.2 Å². The van der Waals surface area contributed by atoms with E-state index in [0.717, 1.165) is 48.1 Å². The fourth-order valence-electron chi connectivity index (χ4n) is 7.55. The summed E-state index contributed by atoms with van der Waals surface area (Å²) < 4.78 is 0. The molecule has 11 heteroatoms. The highest BCUT2D eigenvalue weighted by molar-refractivity contribution is 5.94. The van der Waals surface area contributed by atoms with Crippen molar-refractivity contribution in [2.24, 2.45) is 24.8 Å². The van der Waals surface area contributed by atoms with E-state index < -0.39 is 5.41 Å². The van der Waals surface area contributed by atoms with Gasteiger partial charge in [-0.25, -0.2) is 0 Å². The molecule has 0 bridgehead atoms. The number of carbonyl (C=O) groups excluding carboxylic acids is 2. The van der Waals surface area contributed by atoms with Crippen molar-refractivity contribution < 1.29 is 9.59 Å². The Balaban J connectivity index is 1.36. The maximum atomic E-state index is 13.2. The monoisotopic (exact) mass is 581 g/mol. The highest BCUT2D eigenvalue weighted by Crippen LogP contribution is 2.51. The first-order chi connectivity index (χ1) is 20.8. The van der Waals surface area contributed by atoms with Crippen molar-refractivity contribution in [2.75, 3.05) is 27.2 Å². The number of tetrazole rings is 1. The number of amides is 2. The number of aryl methyl sites for hydroxylation is 2. The molecule has 0 radical (unpaired) electrons. The van der Waals surface area contributed by atoms with Crippen molar-refractivity contribution in [3.05, 3.63) is 76.8 Å². The molecule has 6 atom stereocenters. The molecule has 1 saturated carbocycles. The van der Waals surface area contributed by atoms with Gasteiger partial charge in [-0.05, 0) is 84.5 Å². The van der Waals surface area contributed by atoms with Gasteiger partial charge in [0.1, 0.15) is 6.04 Å². The van der Waals surface area contributed by atoms with Gasteiger partial charge in [0.2, 0.25) is 5.91 Å². The summed E-state index contributed by atoms with van der Waals surface area (Å²) in [6.07, 6.45) is 10.7. The van der Waals surface area contributed by atoms with Crippen molar-refractivity contribution in [3.8, 4) is 6.07 Å². The molecule has 4 aliphatic rings.